The smallest absolute Gasteiger partial charge is 0.173 e. The fourth-order valence-corrected chi connectivity index (χ4v) is 5.66. The minimum atomic E-state index is -0.860. The Kier molecular flexibility index (Phi) is 8.15. The first kappa shape index (κ1) is 27.1. The lowest BCUT2D eigenvalue weighted by molar-refractivity contribution is -0.360. The molecule has 202 valence electrons. The van der Waals surface area contributed by atoms with Crippen molar-refractivity contribution >= 4 is 0 Å². The first-order valence-corrected chi connectivity index (χ1v) is 13.4. The van der Waals surface area contributed by atoms with E-state index in [0.717, 1.165) is 22.3 Å². The van der Waals surface area contributed by atoms with E-state index in [1.54, 1.807) is 6.26 Å². The molecule has 0 N–H and O–H groups in total. The Morgan fingerprint density at radius 1 is 0.897 bits per heavy atom. The fourth-order valence-electron chi connectivity index (χ4n) is 5.66. The highest BCUT2D eigenvalue weighted by Gasteiger charge is 2.49. The summed E-state index contributed by atoms with van der Waals surface area (Å²) in [5.41, 5.74) is 3.09. The molecule has 3 unspecified atom stereocenters. The second kappa shape index (κ2) is 11.7. The Morgan fingerprint density at radius 3 is 1.92 bits per heavy atom. The van der Waals surface area contributed by atoms with E-state index in [9.17, 15) is 0 Å². The number of nitrogens with zero attached hydrogens (tertiary/aromatic N) is 1. The summed E-state index contributed by atoms with van der Waals surface area (Å²) < 4.78 is 31.7. The van der Waals surface area contributed by atoms with Gasteiger partial charge < -0.3 is 23.7 Å². The molecule has 39 heavy (non-hydrogen) atoms. The Morgan fingerprint density at radius 2 is 1.41 bits per heavy atom. The van der Waals surface area contributed by atoms with Crippen LogP contribution in [0.2, 0.25) is 0 Å². The van der Waals surface area contributed by atoms with Crippen LogP contribution in [0.3, 0.4) is 0 Å². The second-order valence-electron chi connectivity index (χ2n) is 10.5. The number of hydrogen-bond acceptors (Lipinski definition) is 6. The molecule has 3 aromatic rings. The van der Waals surface area contributed by atoms with Crippen LogP contribution in [-0.2, 0) is 29.3 Å². The maximum Gasteiger partial charge on any atom is 0.173 e. The molecule has 6 nitrogen and oxygen atoms in total. The van der Waals surface area contributed by atoms with Gasteiger partial charge in [-0.1, -0.05) is 91.0 Å². The van der Waals surface area contributed by atoms with Crippen LogP contribution in [0.1, 0.15) is 43.9 Å². The van der Waals surface area contributed by atoms with Gasteiger partial charge >= 0.3 is 0 Å². The first-order valence-electron chi connectivity index (χ1n) is 13.4. The van der Waals surface area contributed by atoms with Gasteiger partial charge in [-0.25, -0.2) is 0 Å². The highest BCUT2D eigenvalue weighted by atomic mass is 16.7. The molecule has 2 heterocycles. The monoisotopic (exact) mass is 525 g/mol. The molecule has 4 atom stereocenters. The fraction of sp³-hybridized carbons (Fsp3) is 0.364. The van der Waals surface area contributed by atoms with Crippen LogP contribution in [0.25, 0.3) is 0 Å². The van der Waals surface area contributed by atoms with Crippen LogP contribution >= 0.6 is 0 Å². The average molecular weight is 526 g/mol. The van der Waals surface area contributed by atoms with Gasteiger partial charge in [-0.05, 0) is 43.0 Å². The largest absolute Gasteiger partial charge is 0.486 e. The van der Waals surface area contributed by atoms with Gasteiger partial charge in [-0.3, -0.25) is 0 Å². The van der Waals surface area contributed by atoms with Gasteiger partial charge in [0.25, 0.3) is 0 Å². The lowest BCUT2D eigenvalue weighted by Crippen LogP contribution is -2.60. The van der Waals surface area contributed by atoms with Crippen molar-refractivity contribution in [3.63, 3.8) is 0 Å². The topological polar surface area (TPSA) is 69.9 Å². The van der Waals surface area contributed by atoms with E-state index in [0.29, 0.717) is 6.42 Å². The van der Waals surface area contributed by atoms with Crippen molar-refractivity contribution in [2.24, 2.45) is 0 Å². The molecule has 2 bridgehead atoms. The predicted octanol–water partition coefficient (Wildman–Crippen LogP) is 6.12. The molecule has 0 radical (unpaired) electrons. The lowest BCUT2D eigenvalue weighted by atomic mass is 9.80. The average Bonchev–Trinajstić information content (AvgIpc) is 2.95. The Labute approximate surface area is 230 Å². The molecule has 5 rings (SSSR count). The van der Waals surface area contributed by atoms with Crippen molar-refractivity contribution in [3.05, 3.63) is 120 Å². The molecule has 2 saturated heterocycles. The zero-order valence-electron chi connectivity index (χ0n) is 22.7. The summed E-state index contributed by atoms with van der Waals surface area (Å²) in [5.74, 6) is -0.767. The predicted molar refractivity (Wildman–Crippen MR) is 148 cm³/mol. The number of benzene rings is 3. The Bertz CT molecular complexity index is 1190. The molecule has 0 spiro atoms. The van der Waals surface area contributed by atoms with Gasteiger partial charge in [0.15, 0.2) is 12.4 Å². The molecule has 0 saturated carbocycles. The highest BCUT2D eigenvalue weighted by Crippen LogP contribution is 2.43. The van der Waals surface area contributed by atoms with Crippen molar-refractivity contribution in [2.75, 3.05) is 13.2 Å². The summed E-state index contributed by atoms with van der Waals surface area (Å²) in [7, 11) is 0. The van der Waals surface area contributed by atoms with E-state index in [1.807, 2.05) is 81.4 Å². The summed E-state index contributed by atoms with van der Waals surface area (Å²) in [5, 5.41) is 8.88. The summed E-state index contributed by atoms with van der Waals surface area (Å²) in [6, 6.07) is 32.9. The van der Waals surface area contributed by atoms with E-state index in [-0.39, 0.29) is 37.6 Å². The zero-order valence-corrected chi connectivity index (χ0v) is 22.7. The first-order chi connectivity index (χ1) is 18.9. The van der Waals surface area contributed by atoms with Crippen molar-refractivity contribution < 1.29 is 23.7 Å². The SMILES string of the molecule is C/C(=C\OCC#N)C1OC(COC(c2ccccc2)(c2ccccc2)c2ccccc2)[C@@H]2CC1OC(C)(C)O2. The van der Waals surface area contributed by atoms with E-state index in [4.69, 9.17) is 28.9 Å². The number of rotatable bonds is 9. The van der Waals surface area contributed by atoms with Gasteiger partial charge in [0, 0.05) is 6.42 Å². The molecular weight excluding hydrogens is 490 g/mol. The van der Waals surface area contributed by atoms with E-state index < -0.39 is 11.4 Å². The van der Waals surface area contributed by atoms with Gasteiger partial charge in [-0.15, -0.1) is 0 Å². The van der Waals surface area contributed by atoms with Crippen molar-refractivity contribution in [1.29, 1.82) is 5.26 Å². The quantitative estimate of drug-likeness (QED) is 0.191. The normalized spacial score (nSPS) is 24.5. The van der Waals surface area contributed by atoms with Crippen molar-refractivity contribution in [2.45, 2.75) is 63.0 Å². The molecule has 2 aliphatic heterocycles. The Hall–Kier alpha value is -3.47. The molecule has 3 aromatic carbocycles. The number of nitriles is 1. The summed E-state index contributed by atoms with van der Waals surface area (Å²) >= 11 is 0. The minimum Gasteiger partial charge on any atom is -0.486 e. The zero-order chi connectivity index (χ0) is 27.3. The molecule has 2 fully saturated rings. The van der Waals surface area contributed by atoms with Crippen LogP contribution in [0.4, 0.5) is 0 Å². The number of fused-ring (bicyclic) bond motifs is 2. The third kappa shape index (κ3) is 5.78. The van der Waals surface area contributed by atoms with E-state index in [1.165, 1.54) is 0 Å². The van der Waals surface area contributed by atoms with Crippen LogP contribution in [0.15, 0.2) is 103 Å². The van der Waals surface area contributed by atoms with Crippen molar-refractivity contribution in [3.8, 4) is 6.07 Å². The molecule has 0 amide bonds. The molecule has 0 aliphatic carbocycles. The highest BCUT2D eigenvalue weighted by molar-refractivity contribution is 5.47. The van der Waals surface area contributed by atoms with Gasteiger partial charge in [0.1, 0.15) is 23.9 Å². The van der Waals surface area contributed by atoms with Crippen LogP contribution in [0.5, 0.6) is 0 Å². The lowest BCUT2D eigenvalue weighted by Gasteiger charge is -2.51. The van der Waals surface area contributed by atoms with Crippen LogP contribution in [0, 0.1) is 11.3 Å². The molecule has 2 aliphatic rings. The summed E-state index contributed by atoms with van der Waals surface area (Å²) in [6.45, 7) is 6.07. The molecular formula is C33H35NO5. The number of hydrogen-bond donors (Lipinski definition) is 0. The van der Waals surface area contributed by atoms with Gasteiger partial charge in [0.2, 0.25) is 0 Å². The van der Waals surface area contributed by atoms with Gasteiger partial charge in [0.05, 0.1) is 25.1 Å². The Balaban J connectivity index is 1.52. The van der Waals surface area contributed by atoms with Crippen LogP contribution < -0.4 is 0 Å². The van der Waals surface area contributed by atoms with Gasteiger partial charge in [-0.2, -0.15) is 5.26 Å². The van der Waals surface area contributed by atoms with E-state index >= 15 is 0 Å². The van der Waals surface area contributed by atoms with Crippen LogP contribution in [-0.4, -0.2) is 43.4 Å². The second-order valence-corrected chi connectivity index (χ2v) is 10.5. The summed E-state index contributed by atoms with van der Waals surface area (Å²) in [6.07, 6.45) is 1.16. The standard InChI is InChI=1S/C33H35NO5/c1-24(22-35-20-19-34)31-29-21-28(38-32(2,3)39-29)30(37-31)23-36-33(25-13-7-4-8-14-25,26-15-9-5-10-16-26)27-17-11-6-12-18-27/h4-18,22,28-31H,20-21,23H2,1-3H3/b24-22+/t28-,29?,30?,31?/m0/s1. The minimum absolute atomic E-state index is 0.0207. The number of ether oxygens (including phenoxy) is 5. The molecule has 0 aromatic heterocycles. The maximum absolute atomic E-state index is 8.88. The summed E-state index contributed by atoms with van der Waals surface area (Å²) in [4.78, 5) is 0. The van der Waals surface area contributed by atoms with E-state index in [2.05, 4.69) is 36.4 Å². The maximum atomic E-state index is 8.88. The third-order valence-electron chi connectivity index (χ3n) is 7.28. The third-order valence-corrected chi connectivity index (χ3v) is 7.28. The van der Waals surface area contributed by atoms with Crippen molar-refractivity contribution in [1.82, 2.24) is 0 Å². The molecule has 6 heteroatoms.